The van der Waals surface area contributed by atoms with Crippen molar-refractivity contribution in [3.8, 4) is 17.2 Å². The highest BCUT2D eigenvalue weighted by Crippen LogP contribution is 2.29. The molecule has 0 radical (unpaired) electrons. The smallest absolute Gasteiger partial charge is 0.257 e. The molecule has 0 aliphatic carbocycles. The summed E-state index contributed by atoms with van der Waals surface area (Å²) >= 11 is 0. The van der Waals surface area contributed by atoms with Crippen molar-refractivity contribution in [1.29, 1.82) is 0 Å². The molecule has 1 aromatic heterocycles. The fourth-order valence-electron chi connectivity index (χ4n) is 4.83. The van der Waals surface area contributed by atoms with Crippen molar-refractivity contribution in [3.63, 3.8) is 0 Å². The Labute approximate surface area is 211 Å². The van der Waals surface area contributed by atoms with Gasteiger partial charge in [0, 0.05) is 25.7 Å². The maximum absolute atomic E-state index is 13.2. The molecule has 4 aromatic rings. The molecule has 186 valence electrons. The van der Waals surface area contributed by atoms with Gasteiger partial charge in [-0.05, 0) is 55.2 Å². The molecule has 36 heavy (non-hydrogen) atoms. The highest BCUT2D eigenvalue weighted by atomic mass is 16.5. The molecule has 7 nitrogen and oxygen atoms in total. The van der Waals surface area contributed by atoms with E-state index in [1.54, 1.807) is 32.4 Å². The van der Waals surface area contributed by atoms with Crippen molar-refractivity contribution >= 4 is 16.9 Å². The number of benzene rings is 3. The summed E-state index contributed by atoms with van der Waals surface area (Å²) in [5.74, 6) is 3.40. The third-order valence-electron chi connectivity index (χ3n) is 6.83. The Morgan fingerprint density at radius 3 is 2.42 bits per heavy atom. The number of rotatable bonds is 8. The molecule has 0 unspecified atom stereocenters. The van der Waals surface area contributed by atoms with Crippen LogP contribution in [0.25, 0.3) is 11.0 Å². The number of fused-ring (bicyclic) bond motifs is 1. The second kappa shape index (κ2) is 10.7. The lowest BCUT2D eigenvalue weighted by Crippen LogP contribution is -2.39. The third kappa shape index (κ3) is 5.00. The Balaban J connectivity index is 1.27. The maximum atomic E-state index is 13.2. The van der Waals surface area contributed by atoms with Crippen LogP contribution in [-0.2, 0) is 13.2 Å². The lowest BCUT2D eigenvalue weighted by Gasteiger charge is -2.33. The standard InChI is InChI=1S/C29H31N3O4/c1-34-23-12-13-24(27(18-23)35-2)29(33)31-16-14-21(15-17-31)19-32-26-11-7-6-10-25(26)30-28(32)20-36-22-8-4-3-5-9-22/h3-13,18,21H,14-17,19-20H2,1-2H3. The Morgan fingerprint density at radius 1 is 0.917 bits per heavy atom. The first-order valence-electron chi connectivity index (χ1n) is 12.3. The molecule has 1 amide bonds. The number of hydrogen-bond donors (Lipinski definition) is 0. The second-order valence-corrected chi connectivity index (χ2v) is 9.03. The number of imidazole rings is 1. The number of ether oxygens (including phenoxy) is 3. The summed E-state index contributed by atoms with van der Waals surface area (Å²) < 4.78 is 19.0. The minimum Gasteiger partial charge on any atom is -0.497 e. The molecule has 7 heteroatoms. The van der Waals surface area contributed by atoms with Crippen LogP contribution in [0.5, 0.6) is 17.2 Å². The van der Waals surface area contributed by atoms with Gasteiger partial charge in [0.15, 0.2) is 0 Å². The summed E-state index contributed by atoms with van der Waals surface area (Å²) in [7, 11) is 3.18. The van der Waals surface area contributed by atoms with Crippen LogP contribution < -0.4 is 14.2 Å². The van der Waals surface area contributed by atoms with E-state index in [1.807, 2.05) is 53.4 Å². The average Bonchev–Trinajstić information content (AvgIpc) is 3.29. The molecule has 3 aromatic carbocycles. The number of carbonyl (C=O) groups excluding carboxylic acids is 1. The Bertz CT molecular complexity index is 1330. The minimum absolute atomic E-state index is 0.00187. The van der Waals surface area contributed by atoms with E-state index in [1.165, 1.54) is 0 Å². The topological polar surface area (TPSA) is 65.8 Å². The lowest BCUT2D eigenvalue weighted by atomic mass is 9.96. The molecule has 0 N–H and O–H groups in total. The fraction of sp³-hybridized carbons (Fsp3) is 0.310. The van der Waals surface area contributed by atoms with Crippen molar-refractivity contribution in [1.82, 2.24) is 14.5 Å². The van der Waals surface area contributed by atoms with Crippen LogP contribution in [0, 0.1) is 5.92 Å². The number of hydrogen-bond acceptors (Lipinski definition) is 5. The van der Waals surface area contributed by atoms with Gasteiger partial charge in [-0.3, -0.25) is 4.79 Å². The molecule has 2 heterocycles. The SMILES string of the molecule is COc1ccc(C(=O)N2CCC(Cn3c(COc4ccccc4)nc4ccccc43)CC2)c(OC)c1. The van der Waals surface area contributed by atoms with Gasteiger partial charge < -0.3 is 23.7 Å². The summed E-state index contributed by atoms with van der Waals surface area (Å²) in [5, 5.41) is 0. The highest BCUT2D eigenvalue weighted by Gasteiger charge is 2.27. The molecule has 1 aliphatic heterocycles. The van der Waals surface area contributed by atoms with Gasteiger partial charge in [-0.15, -0.1) is 0 Å². The monoisotopic (exact) mass is 485 g/mol. The molecule has 1 aliphatic rings. The van der Waals surface area contributed by atoms with Crippen LogP contribution in [0.15, 0.2) is 72.8 Å². The van der Waals surface area contributed by atoms with E-state index in [9.17, 15) is 4.79 Å². The molecule has 5 rings (SSSR count). The lowest BCUT2D eigenvalue weighted by molar-refractivity contribution is 0.0679. The molecular weight excluding hydrogens is 454 g/mol. The van der Waals surface area contributed by atoms with Crippen molar-refractivity contribution in [2.24, 2.45) is 5.92 Å². The number of carbonyl (C=O) groups is 1. The zero-order chi connectivity index (χ0) is 24.9. The molecule has 1 fully saturated rings. The number of methoxy groups -OCH3 is 2. The van der Waals surface area contributed by atoms with E-state index >= 15 is 0 Å². The van der Waals surface area contributed by atoms with Crippen LogP contribution in [0.4, 0.5) is 0 Å². The quantitative estimate of drug-likeness (QED) is 0.344. The predicted molar refractivity (Wildman–Crippen MR) is 139 cm³/mol. The first kappa shape index (κ1) is 23.7. The Hall–Kier alpha value is -4.00. The first-order valence-corrected chi connectivity index (χ1v) is 12.3. The van der Waals surface area contributed by atoms with Gasteiger partial charge in [0.1, 0.15) is 29.7 Å². The molecule has 0 bridgehead atoms. The molecule has 0 spiro atoms. The average molecular weight is 486 g/mol. The van der Waals surface area contributed by atoms with E-state index in [0.29, 0.717) is 42.7 Å². The number of nitrogens with zero attached hydrogens (tertiary/aromatic N) is 3. The number of amides is 1. The van der Waals surface area contributed by atoms with Crippen LogP contribution in [0.2, 0.25) is 0 Å². The van der Waals surface area contributed by atoms with E-state index in [0.717, 1.165) is 42.0 Å². The van der Waals surface area contributed by atoms with Crippen LogP contribution in [0.1, 0.15) is 29.0 Å². The van der Waals surface area contributed by atoms with Crippen LogP contribution in [-0.4, -0.2) is 47.7 Å². The Kier molecular flexibility index (Phi) is 7.07. The van der Waals surface area contributed by atoms with Gasteiger partial charge >= 0.3 is 0 Å². The van der Waals surface area contributed by atoms with Crippen molar-refractivity contribution < 1.29 is 19.0 Å². The number of likely N-dealkylation sites (tertiary alicyclic amines) is 1. The second-order valence-electron chi connectivity index (χ2n) is 9.03. The van der Waals surface area contributed by atoms with Crippen molar-refractivity contribution in [3.05, 3.63) is 84.2 Å². The summed E-state index contributed by atoms with van der Waals surface area (Å²) in [4.78, 5) is 20.0. The van der Waals surface area contributed by atoms with E-state index in [-0.39, 0.29) is 5.91 Å². The van der Waals surface area contributed by atoms with E-state index in [4.69, 9.17) is 19.2 Å². The summed E-state index contributed by atoms with van der Waals surface area (Å²) in [6.07, 6.45) is 1.85. The van der Waals surface area contributed by atoms with E-state index in [2.05, 4.69) is 10.6 Å². The number of para-hydroxylation sites is 3. The van der Waals surface area contributed by atoms with E-state index < -0.39 is 0 Å². The van der Waals surface area contributed by atoms with Gasteiger partial charge in [0.2, 0.25) is 0 Å². The predicted octanol–water partition coefficient (Wildman–Crippen LogP) is 5.18. The van der Waals surface area contributed by atoms with Gasteiger partial charge in [0.25, 0.3) is 5.91 Å². The number of piperidine rings is 1. The largest absolute Gasteiger partial charge is 0.497 e. The van der Waals surface area contributed by atoms with Gasteiger partial charge in [-0.25, -0.2) is 4.98 Å². The number of aromatic nitrogens is 2. The van der Waals surface area contributed by atoms with Gasteiger partial charge in [0.05, 0.1) is 30.8 Å². The third-order valence-corrected chi connectivity index (χ3v) is 6.83. The van der Waals surface area contributed by atoms with Crippen molar-refractivity contribution in [2.75, 3.05) is 27.3 Å². The van der Waals surface area contributed by atoms with Crippen molar-refractivity contribution in [2.45, 2.75) is 26.0 Å². The first-order chi connectivity index (χ1) is 17.7. The normalized spacial score (nSPS) is 14.1. The molecular formula is C29H31N3O4. The molecule has 1 saturated heterocycles. The zero-order valence-electron chi connectivity index (χ0n) is 20.7. The Morgan fingerprint density at radius 2 is 1.67 bits per heavy atom. The maximum Gasteiger partial charge on any atom is 0.257 e. The minimum atomic E-state index is -0.00187. The molecule has 0 saturated carbocycles. The summed E-state index contributed by atoms with van der Waals surface area (Å²) in [5.41, 5.74) is 2.66. The zero-order valence-corrected chi connectivity index (χ0v) is 20.7. The molecule has 0 atom stereocenters. The van der Waals surface area contributed by atoms with Crippen LogP contribution in [0.3, 0.4) is 0 Å². The highest BCUT2D eigenvalue weighted by molar-refractivity contribution is 5.97. The van der Waals surface area contributed by atoms with Gasteiger partial charge in [-0.1, -0.05) is 30.3 Å². The summed E-state index contributed by atoms with van der Waals surface area (Å²) in [6.45, 7) is 2.68. The van der Waals surface area contributed by atoms with Crippen LogP contribution >= 0.6 is 0 Å². The fourth-order valence-corrected chi connectivity index (χ4v) is 4.83. The summed E-state index contributed by atoms with van der Waals surface area (Å²) in [6, 6.07) is 23.4. The van der Waals surface area contributed by atoms with Gasteiger partial charge in [-0.2, -0.15) is 0 Å².